The maximum absolute atomic E-state index is 12.4. The molecule has 2 heterocycles. The van der Waals surface area contributed by atoms with Crippen molar-refractivity contribution in [1.82, 2.24) is 25.2 Å². The van der Waals surface area contributed by atoms with Crippen LogP contribution in [-0.2, 0) is 11.3 Å². The minimum absolute atomic E-state index is 0.0100. The Morgan fingerprint density at radius 1 is 1.15 bits per heavy atom. The predicted molar refractivity (Wildman–Crippen MR) is 96.0 cm³/mol. The van der Waals surface area contributed by atoms with E-state index in [4.69, 9.17) is 4.74 Å². The second-order valence-electron chi connectivity index (χ2n) is 6.05. The van der Waals surface area contributed by atoms with E-state index >= 15 is 0 Å². The molecule has 1 N–H and O–H groups in total. The summed E-state index contributed by atoms with van der Waals surface area (Å²) in [5.41, 5.74) is 4.53. The maximum Gasteiger partial charge on any atom is 0.338 e. The van der Waals surface area contributed by atoms with Crippen molar-refractivity contribution in [3.05, 3.63) is 71.2 Å². The van der Waals surface area contributed by atoms with E-state index in [1.165, 1.54) is 0 Å². The van der Waals surface area contributed by atoms with Gasteiger partial charge in [0.1, 0.15) is 0 Å². The molecule has 26 heavy (non-hydrogen) atoms. The minimum atomic E-state index is -0.409. The molecule has 0 spiro atoms. The van der Waals surface area contributed by atoms with Crippen molar-refractivity contribution in [1.29, 1.82) is 0 Å². The summed E-state index contributed by atoms with van der Waals surface area (Å²) in [6, 6.07) is 14.9. The first-order valence-electron chi connectivity index (χ1n) is 8.22. The average molecular weight is 347 g/mol. The third-order valence-corrected chi connectivity index (χ3v) is 4.41. The first kappa shape index (κ1) is 16.0. The number of tetrazole rings is 1. The predicted octanol–water partition coefficient (Wildman–Crippen LogP) is 3.12. The Labute approximate surface area is 149 Å². The molecule has 2 aromatic heterocycles. The van der Waals surface area contributed by atoms with Gasteiger partial charge in [-0.25, -0.2) is 4.79 Å². The lowest BCUT2D eigenvalue weighted by molar-refractivity contribution is 0.0459. The van der Waals surface area contributed by atoms with E-state index in [0.717, 1.165) is 27.8 Å². The lowest BCUT2D eigenvalue weighted by Crippen LogP contribution is -2.10. The van der Waals surface area contributed by atoms with Crippen molar-refractivity contribution in [3.63, 3.8) is 0 Å². The van der Waals surface area contributed by atoms with Gasteiger partial charge in [0.05, 0.1) is 11.3 Å². The van der Waals surface area contributed by atoms with Gasteiger partial charge in [0.25, 0.3) is 0 Å². The molecule has 0 aliphatic rings. The van der Waals surface area contributed by atoms with Crippen LogP contribution < -0.4 is 0 Å². The number of carbonyl (C=O) groups excluding carboxylic acids is 1. The number of aromatic nitrogens is 5. The molecule has 4 aromatic rings. The van der Waals surface area contributed by atoms with Gasteiger partial charge in [-0.15, -0.1) is 5.10 Å². The maximum atomic E-state index is 12.4. The number of hydrogen-bond donors (Lipinski definition) is 1. The fraction of sp³-hybridized carbons (Fsp3) is 0.158. The largest absolute Gasteiger partial charge is 0.454 e. The Kier molecular flexibility index (Phi) is 3.96. The van der Waals surface area contributed by atoms with Crippen LogP contribution in [0.15, 0.2) is 48.5 Å². The Morgan fingerprint density at radius 2 is 1.96 bits per heavy atom. The van der Waals surface area contributed by atoms with Crippen LogP contribution in [-0.4, -0.2) is 31.2 Å². The van der Waals surface area contributed by atoms with Gasteiger partial charge in [-0.1, -0.05) is 18.2 Å². The van der Waals surface area contributed by atoms with Crippen molar-refractivity contribution in [2.24, 2.45) is 0 Å². The number of aromatic amines is 1. The number of H-pyrrole nitrogens is 1. The number of para-hydroxylation sites is 1. The number of ether oxygens (including phenoxy) is 1. The van der Waals surface area contributed by atoms with Gasteiger partial charge in [-0.05, 0) is 60.2 Å². The quantitative estimate of drug-likeness (QED) is 0.573. The molecule has 130 valence electrons. The Morgan fingerprint density at radius 3 is 2.77 bits per heavy atom. The molecule has 0 bridgehead atoms. The highest BCUT2D eigenvalue weighted by atomic mass is 16.5. The van der Waals surface area contributed by atoms with Crippen molar-refractivity contribution in [2.75, 3.05) is 0 Å². The van der Waals surface area contributed by atoms with Gasteiger partial charge < -0.3 is 9.72 Å². The lowest BCUT2D eigenvalue weighted by Gasteiger charge is -2.06. The van der Waals surface area contributed by atoms with E-state index in [-0.39, 0.29) is 6.61 Å². The summed E-state index contributed by atoms with van der Waals surface area (Å²) >= 11 is 0. The Bertz CT molecular complexity index is 1080. The molecule has 4 rings (SSSR count). The molecule has 0 radical (unpaired) electrons. The molecule has 7 heteroatoms. The second kappa shape index (κ2) is 6.44. The van der Waals surface area contributed by atoms with Gasteiger partial charge in [-0.2, -0.15) is 4.68 Å². The number of benzene rings is 2. The van der Waals surface area contributed by atoms with E-state index in [2.05, 4.69) is 20.5 Å². The molecule has 0 aliphatic heterocycles. The molecule has 0 atom stereocenters. The molecule has 0 aliphatic carbocycles. The zero-order chi connectivity index (χ0) is 18.1. The number of aryl methyl sites for hydroxylation is 2. The molecule has 0 amide bonds. The number of fused-ring (bicyclic) bond motifs is 1. The number of carbonyl (C=O) groups is 1. The summed E-state index contributed by atoms with van der Waals surface area (Å²) in [4.78, 5) is 15.7. The third-order valence-electron chi connectivity index (χ3n) is 4.41. The van der Waals surface area contributed by atoms with Crippen molar-refractivity contribution in [3.8, 4) is 5.69 Å². The topological polar surface area (TPSA) is 85.7 Å². The number of nitrogens with one attached hydrogen (secondary N) is 1. The van der Waals surface area contributed by atoms with Gasteiger partial charge in [-0.3, -0.25) is 0 Å². The summed E-state index contributed by atoms with van der Waals surface area (Å²) < 4.78 is 6.97. The number of nitrogens with zero attached hydrogens (tertiary/aromatic N) is 4. The molecular weight excluding hydrogens is 330 g/mol. The SMILES string of the molecule is Cc1[nH]c2ccc(C(=O)OCc3nnnn3-c3ccccc3)cc2c1C. The second-order valence-corrected chi connectivity index (χ2v) is 6.05. The molecule has 0 saturated carbocycles. The zero-order valence-corrected chi connectivity index (χ0v) is 14.4. The van der Waals surface area contributed by atoms with Crippen molar-refractivity contribution < 1.29 is 9.53 Å². The van der Waals surface area contributed by atoms with Crippen LogP contribution in [0.2, 0.25) is 0 Å². The van der Waals surface area contributed by atoms with Gasteiger partial charge in [0, 0.05) is 16.6 Å². The summed E-state index contributed by atoms with van der Waals surface area (Å²) in [5.74, 6) is 0.0482. The highest BCUT2D eigenvalue weighted by molar-refractivity contribution is 5.96. The summed E-state index contributed by atoms with van der Waals surface area (Å²) in [5, 5.41) is 12.6. The molecule has 7 nitrogen and oxygen atoms in total. The highest BCUT2D eigenvalue weighted by Gasteiger charge is 2.14. The lowest BCUT2D eigenvalue weighted by atomic mass is 10.1. The normalized spacial score (nSPS) is 11.0. The molecule has 0 saturated heterocycles. The first-order valence-corrected chi connectivity index (χ1v) is 8.22. The standard InChI is InChI=1S/C19H17N5O2/c1-12-13(2)20-17-9-8-14(10-16(12)17)19(25)26-11-18-21-22-23-24(18)15-6-4-3-5-7-15/h3-10,20H,11H2,1-2H3. The van der Waals surface area contributed by atoms with Gasteiger partial charge in [0.15, 0.2) is 12.4 Å². The minimum Gasteiger partial charge on any atom is -0.454 e. The van der Waals surface area contributed by atoms with Crippen LogP contribution >= 0.6 is 0 Å². The third kappa shape index (κ3) is 2.83. The molecule has 0 unspecified atom stereocenters. The summed E-state index contributed by atoms with van der Waals surface area (Å²) in [6.45, 7) is 4.03. The summed E-state index contributed by atoms with van der Waals surface area (Å²) in [7, 11) is 0. The average Bonchev–Trinajstić information content (AvgIpc) is 3.25. The van der Waals surface area contributed by atoms with E-state index in [0.29, 0.717) is 11.4 Å². The van der Waals surface area contributed by atoms with Crippen LogP contribution in [0.4, 0.5) is 0 Å². The monoisotopic (exact) mass is 347 g/mol. The van der Waals surface area contributed by atoms with Crippen LogP contribution in [0.25, 0.3) is 16.6 Å². The van der Waals surface area contributed by atoms with Crippen LogP contribution in [0.1, 0.15) is 27.4 Å². The van der Waals surface area contributed by atoms with Gasteiger partial charge >= 0.3 is 5.97 Å². The highest BCUT2D eigenvalue weighted by Crippen LogP contribution is 2.23. The van der Waals surface area contributed by atoms with E-state index in [1.807, 2.05) is 56.3 Å². The van der Waals surface area contributed by atoms with Crippen molar-refractivity contribution in [2.45, 2.75) is 20.5 Å². The fourth-order valence-corrected chi connectivity index (χ4v) is 2.87. The van der Waals surface area contributed by atoms with Crippen LogP contribution in [0.5, 0.6) is 0 Å². The molecule has 0 fully saturated rings. The van der Waals surface area contributed by atoms with Gasteiger partial charge in [0.2, 0.25) is 0 Å². The molecular formula is C19H17N5O2. The zero-order valence-electron chi connectivity index (χ0n) is 14.4. The van der Waals surface area contributed by atoms with Crippen molar-refractivity contribution >= 4 is 16.9 Å². The van der Waals surface area contributed by atoms with E-state index < -0.39 is 5.97 Å². The number of hydrogen-bond acceptors (Lipinski definition) is 5. The molecule has 2 aromatic carbocycles. The Balaban J connectivity index is 1.53. The fourth-order valence-electron chi connectivity index (χ4n) is 2.87. The van der Waals surface area contributed by atoms with E-state index in [1.54, 1.807) is 10.7 Å². The smallest absolute Gasteiger partial charge is 0.338 e. The first-order chi connectivity index (χ1) is 12.6. The van der Waals surface area contributed by atoms with E-state index in [9.17, 15) is 4.79 Å². The van der Waals surface area contributed by atoms with Crippen LogP contribution in [0.3, 0.4) is 0 Å². The number of esters is 1. The van der Waals surface area contributed by atoms with Crippen LogP contribution in [0, 0.1) is 13.8 Å². The summed E-state index contributed by atoms with van der Waals surface area (Å²) in [6.07, 6.45) is 0. The Hall–Kier alpha value is -3.48. The number of rotatable bonds is 4.